The van der Waals surface area contributed by atoms with Gasteiger partial charge in [0.05, 0.1) is 24.2 Å². The number of ether oxygens (including phenoxy) is 1. The second-order valence-electron chi connectivity index (χ2n) is 9.53. The van der Waals surface area contributed by atoms with Gasteiger partial charge in [-0.3, -0.25) is 13.7 Å². The van der Waals surface area contributed by atoms with Crippen LogP contribution in [0, 0.1) is 0 Å². The molecule has 6 N–H and O–H groups in total. The number of nitrogen functional groups attached to an aromatic ring is 1. The van der Waals surface area contributed by atoms with Crippen molar-refractivity contribution in [2.24, 2.45) is 20.5 Å². The molecule has 0 spiro atoms. The summed E-state index contributed by atoms with van der Waals surface area (Å²) in [7, 11) is -13.0. The molecule has 0 heterocycles. The molecule has 5 rings (SSSR count). The van der Waals surface area contributed by atoms with Crippen LogP contribution in [0.15, 0.2) is 108 Å². The molecule has 0 aliphatic rings. The SMILES string of the molecule is COc1cc(N=Nc2ccc3c(S(=O)(=O)O)cccc3c2)ccc1N=Nc1c(S(=O)(=O)O)cc2cc(S(=O)(=O)O)c(N)cc2c1O. The maximum absolute atomic E-state index is 12.2. The minimum absolute atomic E-state index is 0.0342. The predicted octanol–water partition coefficient (Wildman–Crippen LogP) is 5.86. The van der Waals surface area contributed by atoms with E-state index in [2.05, 4.69) is 20.5 Å². The summed E-state index contributed by atoms with van der Waals surface area (Å²) >= 11 is 0. The average molecular weight is 688 g/mol. The summed E-state index contributed by atoms with van der Waals surface area (Å²) in [6, 6.07) is 15.8. The van der Waals surface area contributed by atoms with E-state index < -0.39 is 57.3 Å². The Balaban J connectivity index is 1.51. The van der Waals surface area contributed by atoms with Crippen LogP contribution in [0.3, 0.4) is 0 Å². The van der Waals surface area contributed by atoms with E-state index in [1.807, 2.05) is 0 Å². The van der Waals surface area contributed by atoms with Crippen molar-refractivity contribution >= 4 is 80.3 Å². The summed E-state index contributed by atoms with van der Waals surface area (Å²) < 4.78 is 105. The molecular weight excluding hydrogens is 667 g/mol. The molecule has 46 heavy (non-hydrogen) atoms. The molecule has 0 aliphatic heterocycles. The third-order valence-electron chi connectivity index (χ3n) is 6.54. The van der Waals surface area contributed by atoms with Crippen LogP contribution >= 0.6 is 0 Å². The second kappa shape index (κ2) is 11.7. The fourth-order valence-corrected chi connectivity index (χ4v) is 6.47. The zero-order chi connectivity index (χ0) is 33.6. The van der Waals surface area contributed by atoms with Crippen molar-refractivity contribution in [2.75, 3.05) is 12.8 Å². The van der Waals surface area contributed by atoms with Gasteiger partial charge in [0, 0.05) is 16.8 Å². The quantitative estimate of drug-likeness (QED) is 0.0729. The zero-order valence-electron chi connectivity index (χ0n) is 23.2. The highest BCUT2D eigenvalue weighted by molar-refractivity contribution is 7.86. The highest BCUT2D eigenvalue weighted by atomic mass is 32.2. The summed E-state index contributed by atoms with van der Waals surface area (Å²) in [6.07, 6.45) is 0. The van der Waals surface area contributed by atoms with Crippen LogP contribution < -0.4 is 10.5 Å². The van der Waals surface area contributed by atoms with Crippen LogP contribution in [-0.4, -0.2) is 51.1 Å². The molecule has 0 atom stereocenters. The smallest absolute Gasteiger partial charge is 0.296 e. The van der Waals surface area contributed by atoms with Crippen LogP contribution in [0.5, 0.6) is 11.5 Å². The molecule has 5 aromatic rings. The van der Waals surface area contributed by atoms with E-state index in [4.69, 9.17) is 10.5 Å². The topological polar surface area (TPSA) is 268 Å². The molecule has 0 unspecified atom stereocenters. The number of phenolic OH excluding ortho intramolecular Hbond substituents is 1. The number of rotatable bonds is 8. The van der Waals surface area contributed by atoms with Gasteiger partial charge in [-0.2, -0.15) is 35.5 Å². The summed E-state index contributed by atoms with van der Waals surface area (Å²) in [5.74, 6) is -0.724. The molecular formula is C27H21N5O11S3. The van der Waals surface area contributed by atoms with E-state index in [-0.39, 0.29) is 32.8 Å². The van der Waals surface area contributed by atoms with Crippen molar-refractivity contribution in [2.45, 2.75) is 14.7 Å². The molecule has 5 aromatic carbocycles. The number of hydrogen-bond acceptors (Lipinski definition) is 13. The minimum Gasteiger partial charge on any atom is -0.505 e. The molecule has 0 aliphatic carbocycles. The lowest BCUT2D eigenvalue weighted by molar-refractivity contribution is 0.416. The summed E-state index contributed by atoms with van der Waals surface area (Å²) in [4.78, 5) is -1.92. The molecule has 238 valence electrons. The van der Waals surface area contributed by atoms with Gasteiger partial charge in [-0.05, 0) is 59.3 Å². The zero-order valence-corrected chi connectivity index (χ0v) is 25.6. The average Bonchev–Trinajstić information content (AvgIpc) is 2.97. The molecule has 0 amide bonds. The number of nitrogens with two attached hydrogens (primary N) is 1. The molecule has 19 heteroatoms. The van der Waals surface area contributed by atoms with E-state index in [0.29, 0.717) is 16.5 Å². The molecule has 0 radical (unpaired) electrons. The largest absolute Gasteiger partial charge is 0.505 e. The number of benzene rings is 5. The first kappa shape index (κ1) is 32.3. The normalized spacial score (nSPS) is 12.9. The first-order valence-electron chi connectivity index (χ1n) is 12.5. The van der Waals surface area contributed by atoms with Crippen molar-refractivity contribution in [3.63, 3.8) is 0 Å². The van der Waals surface area contributed by atoms with Crippen molar-refractivity contribution in [3.8, 4) is 11.5 Å². The number of anilines is 1. The first-order chi connectivity index (χ1) is 21.5. The van der Waals surface area contributed by atoms with Gasteiger partial charge in [0.2, 0.25) is 0 Å². The van der Waals surface area contributed by atoms with E-state index in [0.717, 1.165) is 18.2 Å². The van der Waals surface area contributed by atoms with Gasteiger partial charge in [0.1, 0.15) is 31.8 Å². The molecule has 0 bridgehead atoms. The Labute approximate surface area is 260 Å². The van der Waals surface area contributed by atoms with Crippen LogP contribution in [0.2, 0.25) is 0 Å². The number of phenols is 1. The van der Waals surface area contributed by atoms with E-state index in [1.54, 1.807) is 12.1 Å². The van der Waals surface area contributed by atoms with Crippen molar-refractivity contribution in [1.82, 2.24) is 0 Å². The highest BCUT2D eigenvalue weighted by Crippen LogP contribution is 2.44. The number of nitrogens with zero attached hydrogens (tertiary/aromatic N) is 4. The Hall–Kier alpha value is -5.05. The van der Waals surface area contributed by atoms with Gasteiger partial charge in [0.25, 0.3) is 30.4 Å². The summed E-state index contributed by atoms with van der Waals surface area (Å²) in [6.45, 7) is 0. The lowest BCUT2D eigenvalue weighted by Crippen LogP contribution is -2.04. The molecule has 16 nitrogen and oxygen atoms in total. The van der Waals surface area contributed by atoms with Crippen LogP contribution in [0.4, 0.5) is 28.4 Å². The van der Waals surface area contributed by atoms with E-state index in [9.17, 15) is 44.0 Å². The van der Waals surface area contributed by atoms with Gasteiger partial charge in [-0.1, -0.05) is 18.2 Å². The van der Waals surface area contributed by atoms with Crippen LogP contribution in [0.25, 0.3) is 21.5 Å². The molecule has 0 saturated carbocycles. The van der Waals surface area contributed by atoms with Crippen LogP contribution in [-0.2, 0) is 30.4 Å². The van der Waals surface area contributed by atoms with Crippen molar-refractivity contribution < 1.29 is 48.8 Å². The number of azo groups is 2. The van der Waals surface area contributed by atoms with E-state index in [1.165, 1.54) is 49.6 Å². The first-order valence-corrected chi connectivity index (χ1v) is 16.9. The monoisotopic (exact) mass is 687 g/mol. The summed E-state index contributed by atoms with van der Waals surface area (Å²) in [5, 5.41) is 27.3. The Kier molecular flexibility index (Phi) is 8.23. The lowest BCUT2D eigenvalue weighted by Gasteiger charge is -2.11. The van der Waals surface area contributed by atoms with Gasteiger partial charge >= 0.3 is 0 Å². The number of hydrogen-bond donors (Lipinski definition) is 5. The van der Waals surface area contributed by atoms with Crippen LogP contribution in [0.1, 0.15) is 0 Å². The number of methoxy groups -OCH3 is 1. The van der Waals surface area contributed by atoms with Gasteiger partial charge in [-0.15, -0.1) is 10.2 Å². The number of fused-ring (bicyclic) bond motifs is 2. The van der Waals surface area contributed by atoms with Crippen molar-refractivity contribution in [3.05, 3.63) is 72.8 Å². The predicted molar refractivity (Wildman–Crippen MR) is 165 cm³/mol. The standard InChI is InChI=1S/C27H21N5O11S3/c1-43-22-12-17(30-29-16-5-7-18-14(9-16)3-2-4-23(18)44(34,35)36)6-8-21(22)31-32-26-25(46(40,41)42)11-15-10-24(45(37,38)39)20(28)13-19(15)27(26)33/h2-13,33H,28H2,1H3,(H,34,35,36)(H,37,38,39)(H,40,41,42). The Bertz CT molecular complexity index is 2470. The maximum Gasteiger partial charge on any atom is 0.296 e. The van der Waals surface area contributed by atoms with Crippen molar-refractivity contribution in [1.29, 1.82) is 0 Å². The third-order valence-corrected chi connectivity index (χ3v) is 9.23. The van der Waals surface area contributed by atoms with E-state index >= 15 is 0 Å². The molecule has 0 aromatic heterocycles. The second-order valence-corrected chi connectivity index (χ2v) is 13.7. The summed E-state index contributed by atoms with van der Waals surface area (Å²) in [5.41, 5.74) is 5.22. The Morgan fingerprint density at radius 1 is 0.630 bits per heavy atom. The number of aromatic hydroxyl groups is 1. The van der Waals surface area contributed by atoms with Gasteiger partial charge in [0.15, 0.2) is 5.75 Å². The Morgan fingerprint density at radius 2 is 1.24 bits per heavy atom. The van der Waals surface area contributed by atoms with Gasteiger partial charge < -0.3 is 15.6 Å². The fourth-order valence-electron chi connectivity index (χ4n) is 4.47. The highest BCUT2D eigenvalue weighted by Gasteiger charge is 2.24. The molecule has 0 saturated heterocycles. The third kappa shape index (κ3) is 6.49. The van der Waals surface area contributed by atoms with Gasteiger partial charge in [-0.25, -0.2) is 0 Å². The lowest BCUT2D eigenvalue weighted by atomic mass is 10.1. The maximum atomic E-state index is 12.2. The Morgan fingerprint density at radius 3 is 1.87 bits per heavy atom. The minimum atomic E-state index is -5.05. The molecule has 0 fully saturated rings. The fraction of sp³-hybridized carbons (Fsp3) is 0.0370.